The summed E-state index contributed by atoms with van der Waals surface area (Å²) in [6, 6.07) is 3.35. The number of aliphatic hydroxyl groups is 1. The molecule has 4 aliphatic rings. The van der Waals surface area contributed by atoms with Crippen molar-refractivity contribution in [1.29, 1.82) is 0 Å². The summed E-state index contributed by atoms with van der Waals surface area (Å²) in [6.45, 7) is 9.47. The molecule has 2 heterocycles. The van der Waals surface area contributed by atoms with Gasteiger partial charge in [0.1, 0.15) is 11.0 Å². The molecule has 2 saturated carbocycles. The van der Waals surface area contributed by atoms with E-state index in [9.17, 15) is 22.9 Å². The molecule has 1 saturated heterocycles. The molecule has 9 heteroatoms. The second-order valence-electron chi connectivity index (χ2n) is 13.0. The first-order chi connectivity index (χ1) is 17.8. The number of hydrogen-bond acceptors (Lipinski definition) is 7. The second-order valence-corrected chi connectivity index (χ2v) is 14.6. The first kappa shape index (κ1) is 27.9. The topological polar surface area (TPSA) is 113 Å². The molecule has 0 aromatic heterocycles. The Balaban J connectivity index is 1.74. The molecule has 38 heavy (non-hydrogen) atoms. The summed E-state index contributed by atoms with van der Waals surface area (Å²) in [5, 5.41) is 10.7. The van der Waals surface area contributed by atoms with Crippen molar-refractivity contribution in [3.05, 3.63) is 23.3 Å². The van der Waals surface area contributed by atoms with Gasteiger partial charge in [0.15, 0.2) is 11.5 Å². The van der Waals surface area contributed by atoms with E-state index in [2.05, 4.69) is 18.7 Å². The zero-order chi connectivity index (χ0) is 27.8. The number of rotatable bonds is 7. The third-order valence-corrected chi connectivity index (χ3v) is 12.0. The van der Waals surface area contributed by atoms with E-state index in [4.69, 9.17) is 9.47 Å². The van der Waals surface area contributed by atoms with Crippen LogP contribution in [-0.4, -0.2) is 67.4 Å². The van der Waals surface area contributed by atoms with Crippen LogP contribution in [0, 0.1) is 34.5 Å². The highest BCUT2D eigenvalue weighted by Gasteiger charge is 2.72. The quantitative estimate of drug-likeness (QED) is 0.493. The fourth-order valence-electron chi connectivity index (χ4n) is 8.92. The Morgan fingerprint density at radius 1 is 1.16 bits per heavy atom. The number of piperidine rings is 1. The largest absolute Gasteiger partial charge is 0.493 e. The minimum absolute atomic E-state index is 0.0746. The number of benzene rings is 1. The monoisotopic (exact) mass is 549 g/mol. The van der Waals surface area contributed by atoms with Crippen molar-refractivity contribution < 1.29 is 32.3 Å². The Morgan fingerprint density at radius 2 is 1.82 bits per heavy atom. The lowest BCUT2D eigenvalue weighted by Crippen LogP contribution is -2.63. The molecule has 5 rings (SSSR count). The van der Waals surface area contributed by atoms with Crippen molar-refractivity contribution in [1.82, 2.24) is 4.90 Å². The van der Waals surface area contributed by atoms with Crippen molar-refractivity contribution in [2.45, 2.75) is 77.2 Å². The maximum absolute atomic E-state index is 13.8. The summed E-state index contributed by atoms with van der Waals surface area (Å²) in [6.07, 6.45) is 1.97. The molecule has 212 valence electrons. The average molecular weight is 550 g/mol. The maximum Gasteiger partial charge on any atom is 0.269 e. The summed E-state index contributed by atoms with van der Waals surface area (Å²) in [7, 11) is -1.58. The first-order valence-corrected chi connectivity index (χ1v) is 15.4. The molecule has 7 atom stereocenters. The van der Waals surface area contributed by atoms with Crippen LogP contribution in [0.5, 0.6) is 11.5 Å². The van der Waals surface area contributed by atoms with E-state index in [1.807, 2.05) is 26.0 Å². The Bertz CT molecular complexity index is 1210. The highest BCUT2D eigenvalue weighted by atomic mass is 32.2. The zero-order valence-corrected chi connectivity index (χ0v) is 24.3. The molecule has 1 aromatic carbocycles. The van der Waals surface area contributed by atoms with Gasteiger partial charge in [-0.2, -0.15) is 8.42 Å². The van der Waals surface area contributed by atoms with Gasteiger partial charge < -0.3 is 14.6 Å². The lowest BCUT2D eigenvalue weighted by atomic mass is 9.59. The Kier molecular flexibility index (Phi) is 6.94. The summed E-state index contributed by atoms with van der Waals surface area (Å²) in [5.74, 6) is 0.373. The SMILES string of the molecule is COc1cc2c(cc1OC)[C@H]1C(C([C@]34CCC(CC3=O)C4(C)C)S(=O)(=O)O)[C@H](O)[C@H](CC(C)C)CN1CC2. The molecule has 1 aromatic rings. The van der Waals surface area contributed by atoms with E-state index in [-0.39, 0.29) is 17.6 Å². The van der Waals surface area contributed by atoms with Crippen molar-refractivity contribution in [3.63, 3.8) is 0 Å². The molecule has 0 amide bonds. The smallest absolute Gasteiger partial charge is 0.269 e. The number of carbonyl (C=O) groups excluding carboxylic acids is 1. The number of methoxy groups -OCH3 is 2. The van der Waals surface area contributed by atoms with Crippen LogP contribution in [0.3, 0.4) is 0 Å². The molecule has 2 aliphatic heterocycles. The van der Waals surface area contributed by atoms with Crippen LogP contribution in [0.2, 0.25) is 0 Å². The molecule has 3 fully saturated rings. The van der Waals surface area contributed by atoms with E-state index < -0.39 is 44.3 Å². The first-order valence-electron chi connectivity index (χ1n) is 13.9. The minimum Gasteiger partial charge on any atom is -0.493 e. The molecule has 3 unspecified atom stereocenters. The van der Waals surface area contributed by atoms with Crippen LogP contribution >= 0.6 is 0 Å². The summed E-state index contributed by atoms with van der Waals surface area (Å²) < 4.78 is 49.3. The Morgan fingerprint density at radius 3 is 2.34 bits per heavy atom. The summed E-state index contributed by atoms with van der Waals surface area (Å²) in [4.78, 5) is 16.0. The minimum atomic E-state index is -4.73. The number of nitrogens with zero attached hydrogens (tertiary/aromatic N) is 1. The van der Waals surface area contributed by atoms with Crippen molar-refractivity contribution in [2.75, 3.05) is 27.3 Å². The molecule has 8 nitrogen and oxygen atoms in total. The normalized spacial score (nSPS) is 35.2. The number of ketones is 1. The number of ether oxygens (including phenoxy) is 2. The predicted octanol–water partition coefficient (Wildman–Crippen LogP) is 3.91. The van der Waals surface area contributed by atoms with Gasteiger partial charge in [-0.25, -0.2) is 0 Å². The van der Waals surface area contributed by atoms with Gasteiger partial charge in [0, 0.05) is 31.5 Å². The lowest BCUT2D eigenvalue weighted by Gasteiger charge is -2.55. The Hall–Kier alpha value is -1.68. The van der Waals surface area contributed by atoms with Crippen molar-refractivity contribution in [3.8, 4) is 11.5 Å². The van der Waals surface area contributed by atoms with E-state index in [0.29, 0.717) is 43.3 Å². The van der Waals surface area contributed by atoms with Gasteiger partial charge in [-0.1, -0.05) is 27.7 Å². The summed E-state index contributed by atoms with van der Waals surface area (Å²) >= 11 is 0. The average Bonchev–Trinajstić information content (AvgIpc) is 3.19. The fraction of sp³-hybridized carbons (Fsp3) is 0.759. The van der Waals surface area contributed by atoms with Gasteiger partial charge >= 0.3 is 0 Å². The number of hydrogen-bond donors (Lipinski definition) is 2. The number of aliphatic hydroxyl groups excluding tert-OH is 1. The van der Waals surface area contributed by atoms with Gasteiger partial charge in [0.25, 0.3) is 10.1 Å². The third kappa shape index (κ3) is 3.94. The van der Waals surface area contributed by atoms with Crippen LogP contribution in [0.15, 0.2) is 12.1 Å². The molecule has 0 radical (unpaired) electrons. The van der Waals surface area contributed by atoms with Crippen molar-refractivity contribution in [2.24, 2.45) is 34.5 Å². The number of fused-ring (bicyclic) bond motifs is 5. The van der Waals surface area contributed by atoms with Gasteiger partial charge in [-0.3, -0.25) is 14.2 Å². The van der Waals surface area contributed by atoms with Gasteiger partial charge in [-0.15, -0.1) is 0 Å². The molecule has 2 aliphatic carbocycles. The van der Waals surface area contributed by atoms with Gasteiger partial charge in [0.05, 0.1) is 25.7 Å². The van der Waals surface area contributed by atoms with Crippen LogP contribution < -0.4 is 9.47 Å². The highest BCUT2D eigenvalue weighted by Crippen LogP contribution is 2.68. The standard InChI is InChI=1S/C29H43NO7S/c1-16(2)11-18-15-30-10-8-17-12-21(36-5)22(37-6)14-20(17)25(30)24(26(18)32)27(38(33,34)35)29-9-7-19(13-23(29)31)28(29,3)4/h12,14,16,18-19,24-27,32H,7-11,13,15H2,1-6H3,(H,33,34,35)/t18-,19?,24?,25+,26-,27?,29+/m1/s1. The number of carbonyl (C=O) groups is 1. The fourth-order valence-corrected chi connectivity index (χ4v) is 10.7. The molecule has 2 bridgehead atoms. The molecular formula is C29H43NO7S. The van der Waals surface area contributed by atoms with Crippen LogP contribution in [0.1, 0.15) is 70.5 Å². The van der Waals surface area contributed by atoms with Crippen LogP contribution in [-0.2, 0) is 21.3 Å². The van der Waals surface area contributed by atoms with Crippen LogP contribution in [0.25, 0.3) is 0 Å². The van der Waals surface area contributed by atoms with Crippen LogP contribution in [0.4, 0.5) is 0 Å². The van der Waals surface area contributed by atoms with Gasteiger partial charge in [-0.05, 0) is 72.1 Å². The second kappa shape index (κ2) is 9.46. The predicted molar refractivity (Wildman–Crippen MR) is 144 cm³/mol. The van der Waals surface area contributed by atoms with E-state index in [1.165, 1.54) is 0 Å². The third-order valence-electron chi connectivity index (χ3n) is 10.7. The Labute approximate surface area is 226 Å². The van der Waals surface area contributed by atoms with Gasteiger partial charge in [0.2, 0.25) is 0 Å². The maximum atomic E-state index is 13.8. The van der Waals surface area contributed by atoms with E-state index in [0.717, 1.165) is 30.4 Å². The van der Waals surface area contributed by atoms with E-state index in [1.54, 1.807) is 14.2 Å². The number of Topliss-reactive ketones (excluding diaryl/α,β-unsaturated/α-hetero) is 1. The zero-order valence-electron chi connectivity index (χ0n) is 23.4. The molecular weight excluding hydrogens is 506 g/mol. The van der Waals surface area contributed by atoms with Crippen molar-refractivity contribution >= 4 is 15.9 Å². The molecule has 2 N–H and O–H groups in total. The molecule has 0 spiro atoms. The highest BCUT2D eigenvalue weighted by molar-refractivity contribution is 7.86. The summed E-state index contributed by atoms with van der Waals surface area (Å²) in [5.41, 5.74) is 0.0474. The van der Waals surface area contributed by atoms with E-state index >= 15 is 0 Å². The lowest BCUT2D eigenvalue weighted by molar-refractivity contribution is -0.135.